The van der Waals surface area contributed by atoms with Crippen molar-refractivity contribution in [2.24, 2.45) is 5.92 Å². The van der Waals surface area contributed by atoms with Gasteiger partial charge in [-0.3, -0.25) is 4.79 Å². The lowest BCUT2D eigenvalue weighted by Gasteiger charge is -2.33. The summed E-state index contributed by atoms with van der Waals surface area (Å²) in [5, 5.41) is 8.75. The van der Waals surface area contributed by atoms with Crippen LogP contribution in [0.2, 0.25) is 0 Å². The molecule has 1 aromatic heterocycles. The molecule has 2 heterocycles. The minimum atomic E-state index is -0.224. The SMILES string of the molecule is CC(C)CNC(=O)c1ccc(NC(=O)NC2CCN(c3ccccn3)CC2)cc1. The first-order valence-electron chi connectivity index (χ1n) is 10.1. The number of nitrogens with zero attached hydrogens (tertiary/aromatic N) is 2. The first-order valence-corrected chi connectivity index (χ1v) is 10.1. The second kappa shape index (κ2) is 9.91. The standard InChI is InChI=1S/C22H29N5O2/c1-16(2)15-24-21(28)17-6-8-18(9-7-17)25-22(29)26-19-10-13-27(14-11-19)20-5-3-4-12-23-20/h3-9,12,16,19H,10-11,13-15H2,1-2H3,(H,24,28)(H2,25,26,29). The maximum atomic E-state index is 12.3. The zero-order valence-corrected chi connectivity index (χ0v) is 17.0. The lowest BCUT2D eigenvalue weighted by molar-refractivity contribution is 0.0949. The van der Waals surface area contributed by atoms with E-state index in [0.29, 0.717) is 23.7 Å². The van der Waals surface area contributed by atoms with Gasteiger partial charge in [-0.25, -0.2) is 9.78 Å². The third-order valence-electron chi connectivity index (χ3n) is 4.88. The number of amides is 3. The Morgan fingerprint density at radius 2 is 1.83 bits per heavy atom. The average molecular weight is 396 g/mol. The Bertz CT molecular complexity index is 800. The molecule has 1 saturated heterocycles. The molecule has 29 heavy (non-hydrogen) atoms. The molecule has 1 aliphatic heterocycles. The van der Waals surface area contributed by atoms with Crippen molar-refractivity contribution in [1.82, 2.24) is 15.6 Å². The lowest BCUT2D eigenvalue weighted by atomic mass is 10.1. The quantitative estimate of drug-likeness (QED) is 0.701. The predicted octanol–water partition coefficient (Wildman–Crippen LogP) is 3.26. The van der Waals surface area contributed by atoms with Crippen LogP contribution in [0.3, 0.4) is 0 Å². The number of hydrogen-bond acceptors (Lipinski definition) is 4. The summed E-state index contributed by atoms with van der Waals surface area (Å²) >= 11 is 0. The van der Waals surface area contributed by atoms with E-state index in [9.17, 15) is 9.59 Å². The summed E-state index contributed by atoms with van der Waals surface area (Å²) in [5.74, 6) is 1.28. The molecular formula is C22H29N5O2. The first kappa shape index (κ1) is 20.6. The number of anilines is 2. The number of carbonyl (C=O) groups excluding carboxylic acids is 2. The summed E-state index contributed by atoms with van der Waals surface area (Å²) in [6.45, 7) is 6.47. The highest BCUT2D eigenvalue weighted by Crippen LogP contribution is 2.17. The van der Waals surface area contributed by atoms with E-state index in [0.717, 1.165) is 31.7 Å². The minimum Gasteiger partial charge on any atom is -0.356 e. The zero-order valence-electron chi connectivity index (χ0n) is 17.0. The molecule has 154 valence electrons. The third-order valence-corrected chi connectivity index (χ3v) is 4.88. The van der Waals surface area contributed by atoms with Crippen LogP contribution in [0.4, 0.5) is 16.3 Å². The molecule has 0 radical (unpaired) electrons. The van der Waals surface area contributed by atoms with Crippen LogP contribution in [-0.2, 0) is 0 Å². The van der Waals surface area contributed by atoms with Gasteiger partial charge in [0.25, 0.3) is 5.91 Å². The van der Waals surface area contributed by atoms with Crippen molar-refractivity contribution in [2.45, 2.75) is 32.7 Å². The zero-order chi connectivity index (χ0) is 20.6. The van der Waals surface area contributed by atoms with E-state index in [1.165, 1.54) is 0 Å². The van der Waals surface area contributed by atoms with E-state index in [4.69, 9.17) is 0 Å². The number of nitrogens with one attached hydrogen (secondary N) is 3. The molecule has 1 aromatic carbocycles. The molecule has 1 fully saturated rings. The molecule has 0 saturated carbocycles. The van der Waals surface area contributed by atoms with Gasteiger partial charge in [0.15, 0.2) is 0 Å². The molecule has 1 aliphatic rings. The summed E-state index contributed by atoms with van der Waals surface area (Å²) in [7, 11) is 0. The normalized spacial score (nSPS) is 14.5. The summed E-state index contributed by atoms with van der Waals surface area (Å²) in [6, 6.07) is 12.7. The number of rotatable bonds is 6. The van der Waals surface area contributed by atoms with E-state index in [1.54, 1.807) is 30.5 Å². The number of aromatic nitrogens is 1. The lowest BCUT2D eigenvalue weighted by Crippen LogP contribution is -2.46. The van der Waals surface area contributed by atoms with Gasteiger partial charge in [-0.2, -0.15) is 0 Å². The van der Waals surface area contributed by atoms with Crippen molar-refractivity contribution < 1.29 is 9.59 Å². The van der Waals surface area contributed by atoms with Gasteiger partial charge in [0.1, 0.15) is 5.82 Å². The smallest absolute Gasteiger partial charge is 0.319 e. The van der Waals surface area contributed by atoms with Crippen LogP contribution in [0.15, 0.2) is 48.7 Å². The van der Waals surface area contributed by atoms with Crippen LogP contribution in [0.25, 0.3) is 0 Å². The van der Waals surface area contributed by atoms with Crippen molar-refractivity contribution in [2.75, 3.05) is 29.9 Å². The second-order valence-corrected chi connectivity index (χ2v) is 7.73. The molecule has 3 N–H and O–H groups in total. The molecule has 3 amide bonds. The molecule has 2 aromatic rings. The summed E-state index contributed by atoms with van der Waals surface area (Å²) in [6.07, 6.45) is 3.55. The highest BCUT2D eigenvalue weighted by molar-refractivity contribution is 5.95. The number of benzene rings is 1. The Kier molecular flexibility index (Phi) is 7.05. The van der Waals surface area contributed by atoms with Crippen LogP contribution >= 0.6 is 0 Å². The largest absolute Gasteiger partial charge is 0.356 e. The number of carbonyl (C=O) groups is 2. The number of hydrogen-bond donors (Lipinski definition) is 3. The highest BCUT2D eigenvalue weighted by Gasteiger charge is 2.21. The van der Waals surface area contributed by atoms with Crippen molar-refractivity contribution in [3.63, 3.8) is 0 Å². The Morgan fingerprint density at radius 3 is 2.45 bits per heavy atom. The summed E-state index contributed by atoms with van der Waals surface area (Å²) < 4.78 is 0. The van der Waals surface area contributed by atoms with Crippen LogP contribution in [0.1, 0.15) is 37.0 Å². The van der Waals surface area contributed by atoms with Gasteiger partial charge in [0, 0.05) is 43.1 Å². The minimum absolute atomic E-state index is 0.102. The van der Waals surface area contributed by atoms with E-state index < -0.39 is 0 Å². The third kappa shape index (κ3) is 6.20. The van der Waals surface area contributed by atoms with Gasteiger partial charge in [-0.1, -0.05) is 19.9 Å². The van der Waals surface area contributed by atoms with E-state index in [-0.39, 0.29) is 18.0 Å². The highest BCUT2D eigenvalue weighted by atomic mass is 16.2. The Balaban J connectivity index is 1.43. The van der Waals surface area contributed by atoms with Gasteiger partial charge in [0.2, 0.25) is 0 Å². The first-order chi connectivity index (χ1) is 14.0. The summed E-state index contributed by atoms with van der Waals surface area (Å²) in [4.78, 5) is 31.0. The van der Waals surface area contributed by atoms with Crippen LogP contribution in [0.5, 0.6) is 0 Å². The second-order valence-electron chi connectivity index (χ2n) is 7.73. The number of piperidine rings is 1. The predicted molar refractivity (Wildman–Crippen MR) is 115 cm³/mol. The Labute approximate surface area is 171 Å². The molecule has 0 unspecified atom stereocenters. The molecule has 0 atom stereocenters. The Hall–Kier alpha value is -3.09. The average Bonchev–Trinajstić information content (AvgIpc) is 2.73. The van der Waals surface area contributed by atoms with E-state index >= 15 is 0 Å². The fourth-order valence-electron chi connectivity index (χ4n) is 3.25. The van der Waals surface area contributed by atoms with Crippen molar-refractivity contribution in [3.8, 4) is 0 Å². The van der Waals surface area contributed by atoms with E-state index in [2.05, 4.69) is 25.8 Å². The molecule has 0 spiro atoms. The van der Waals surface area contributed by atoms with Gasteiger partial charge < -0.3 is 20.9 Å². The van der Waals surface area contributed by atoms with Crippen molar-refractivity contribution >= 4 is 23.4 Å². The van der Waals surface area contributed by atoms with Gasteiger partial charge in [-0.05, 0) is 55.2 Å². The fourth-order valence-corrected chi connectivity index (χ4v) is 3.25. The molecule has 3 rings (SSSR count). The van der Waals surface area contributed by atoms with Crippen LogP contribution in [-0.4, -0.2) is 42.6 Å². The molecule has 7 heteroatoms. The monoisotopic (exact) mass is 395 g/mol. The van der Waals surface area contributed by atoms with Crippen molar-refractivity contribution in [1.29, 1.82) is 0 Å². The molecule has 0 bridgehead atoms. The summed E-state index contributed by atoms with van der Waals surface area (Å²) in [5.41, 5.74) is 1.24. The van der Waals surface area contributed by atoms with E-state index in [1.807, 2.05) is 32.0 Å². The van der Waals surface area contributed by atoms with Gasteiger partial charge >= 0.3 is 6.03 Å². The number of pyridine rings is 1. The van der Waals surface area contributed by atoms with Crippen molar-refractivity contribution in [3.05, 3.63) is 54.2 Å². The fraction of sp³-hybridized carbons (Fsp3) is 0.409. The maximum absolute atomic E-state index is 12.3. The van der Waals surface area contributed by atoms with Crippen LogP contribution < -0.4 is 20.9 Å². The van der Waals surface area contributed by atoms with Gasteiger partial charge in [0.05, 0.1) is 0 Å². The molecular weight excluding hydrogens is 366 g/mol. The Morgan fingerprint density at radius 1 is 1.10 bits per heavy atom. The maximum Gasteiger partial charge on any atom is 0.319 e. The topological polar surface area (TPSA) is 86.4 Å². The number of urea groups is 1. The molecule has 0 aliphatic carbocycles. The van der Waals surface area contributed by atoms with Crippen LogP contribution in [0, 0.1) is 5.92 Å². The molecule has 7 nitrogen and oxygen atoms in total. The van der Waals surface area contributed by atoms with Gasteiger partial charge in [-0.15, -0.1) is 0 Å².